The number of amides is 1. The maximum atomic E-state index is 12.6. The van der Waals surface area contributed by atoms with Crippen molar-refractivity contribution in [3.8, 4) is 5.75 Å². The molecule has 1 spiro atoms. The Morgan fingerprint density at radius 2 is 2.24 bits per heavy atom. The molecule has 2 aliphatic carbocycles. The molecule has 0 aromatic heterocycles. The molecule has 1 saturated carbocycles. The highest BCUT2D eigenvalue weighted by Gasteiger charge is 2.49. The van der Waals surface area contributed by atoms with E-state index in [4.69, 9.17) is 4.74 Å². The lowest BCUT2D eigenvalue weighted by Crippen LogP contribution is -2.46. The largest absolute Gasteiger partial charge is 0.497 e. The van der Waals surface area contributed by atoms with Gasteiger partial charge in [-0.15, -0.1) is 0 Å². The molecule has 0 radical (unpaired) electrons. The van der Waals surface area contributed by atoms with E-state index >= 15 is 0 Å². The number of carbonyl (C=O) groups excluding carboxylic acids is 1. The van der Waals surface area contributed by atoms with Crippen molar-refractivity contribution >= 4 is 11.9 Å². The van der Waals surface area contributed by atoms with E-state index in [2.05, 4.69) is 21.7 Å². The van der Waals surface area contributed by atoms with Crippen LogP contribution in [-0.2, 0) is 16.8 Å². The van der Waals surface area contributed by atoms with Crippen molar-refractivity contribution in [2.45, 2.75) is 43.7 Å². The number of benzene rings is 1. The fraction of sp³-hybridized carbons (Fsp3) is 0.500. The van der Waals surface area contributed by atoms with Crippen molar-refractivity contribution < 1.29 is 9.53 Å². The Morgan fingerprint density at radius 3 is 3.00 bits per heavy atom. The number of hydrogen-bond acceptors (Lipinski definition) is 3. The standard InChI is InChI=1S/C16H19N3O2/c1-21-12-7-4-10-3-2-8-16(13(10)9-12)14(20)18-15(19-16)17-11-5-6-11/h4,7,9,11H,2-3,5-6,8H2,1H3,(H2,17,18,19,20). The molecular formula is C16H19N3O2. The smallest absolute Gasteiger partial charge is 0.257 e. The Balaban J connectivity index is 1.77. The van der Waals surface area contributed by atoms with Gasteiger partial charge in [-0.1, -0.05) is 6.07 Å². The van der Waals surface area contributed by atoms with Gasteiger partial charge in [0.05, 0.1) is 13.2 Å². The molecule has 110 valence electrons. The maximum absolute atomic E-state index is 12.6. The van der Waals surface area contributed by atoms with Gasteiger partial charge in [-0.05, 0) is 55.4 Å². The minimum absolute atomic E-state index is 0.0103. The maximum Gasteiger partial charge on any atom is 0.257 e. The Kier molecular flexibility index (Phi) is 2.71. The third kappa shape index (κ3) is 1.99. The van der Waals surface area contributed by atoms with Crippen molar-refractivity contribution in [1.82, 2.24) is 10.6 Å². The normalized spacial score (nSPS) is 29.2. The number of guanidine groups is 1. The van der Waals surface area contributed by atoms with Gasteiger partial charge in [-0.2, -0.15) is 0 Å². The number of nitrogens with one attached hydrogen (secondary N) is 2. The van der Waals surface area contributed by atoms with E-state index in [9.17, 15) is 4.79 Å². The second kappa shape index (κ2) is 4.48. The van der Waals surface area contributed by atoms with Crippen molar-refractivity contribution in [3.63, 3.8) is 0 Å². The summed E-state index contributed by atoms with van der Waals surface area (Å²) in [5, 5.41) is 6.29. The second-order valence-corrected chi connectivity index (χ2v) is 6.07. The van der Waals surface area contributed by atoms with Crippen molar-refractivity contribution in [3.05, 3.63) is 29.3 Å². The van der Waals surface area contributed by atoms with Crippen LogP contribution in [0.1, 0.15) is 36.8 Å². The molecule has 1 aromatic rings. The van der Waals surface area contributed by atoms with Gasteiger partial charge in [0.15, 0.2) is 5.96 Å². The number of fused-ring (bicyclic) bond motifs is 2. The van der Waals surface area contributed by atoms with Gasteiger partial charge in [0, 0.05) is 0 Å². The van der Waals surface area contributed by atoms with Crippen LogP contribution < -0.4 is 15.4 Å². The molecule has 1 aliphatic heterocycles. The highest BCUT2D eigenvalue weighted by molar-refractivity contribution is 6.09. The fourth-order valence-corrected chi connectivity index (χ4v) is 3.30. The molecular weight excluding hydrogens is 266 g/mol. The van der Waals surface area contributed by atoms with Gasteiger partial charge in [0.2, 0.25) is 0 Å². The first-order chi connectivity index (χ1) is 10.2. The van der Waals surface area contributed by atoms with Crippen molar-refractivity contribution in [2.24, 2.45) is 4.99 Å². The zero-order valence-corrected chi connectivity index (χ0v) is 12.1. The zero-order chi connectivity index (χ0) is 14.4. The number of hydrogen-bond donors (Lipinski definition) is 2. The molecule has 5 nitrogen and oxygen atoms in total. The summed E-state index contributed by atoms with van der Waals surface area (Å²) in [4.78, 5) is 17.2. The highest BCUT2D eigenvalue weighted by Crippen LogP contribution is 2.39. The summed E-state index contributed by atoms with van der Waals surface area (Å²) < 4.78 is 5.33. The van der Waals surface area contributed by atoms with Crippen LogP contribution in [0.3, 0.4) is 0 Å². The van der Waals surface area contributed by atoms with Crippen LogP contribution in [0.15, 0.2) is 23.2 Å². The van der Waals surface area contributed by atoms with Gasteiger partial charge >= 0.3 is 0 Å². The van der Waals surface area contributed by atoms with E-state index in [1.165, 1.54) is 5.56 Å². The van der Waals surface area contributed by atoms with Crippen LogP contribution in [0.2, 0.25) is 0 Å². The monoisotopic (exact) mass is 285 g/mol. The van der Waals surface area contributed by atoms with E-state index in [0.717, 1.165) is 43.4 Å². The summed E-state index contributed by atoms with van der Waals surface area (Å²) in [5.74, 6) is 1.44. The first-order valence-corrected chi connectivity index (χ1v) is 7.56. The molecule has 21 heavy (non-hydrogen) atoms. The van der Waals surface area contributed by atoms with Gasteiger partial charge in [0.1, 0.15) is 11.3 Å². The summed E-state index contributed by atoms with van der Waals surface area (Å²) in [5.41, 5.74) is 1.58. The predicted molar refractivity (Wildman–Crippen MR) is 79.3 cm³/mol. The van der Waals surface area contributed by atoms with Crippen LogP contribution in [-0.4, -0.2) is 25.0 Å². The molecule has 1 atom stereocenters. The van der Waals surface area contributed by atoms with Crippen molar-refractivity contribution in [2.75, 3.05) is 7.11 Å². The summed E-state index contributed by atoms with van der Waals surface area (Å²) in [6, 6.07) is 6.40. The molecule has 2 N–H and O–H groups in total. The predicted octanol–water partition coefficient (Wildman–Crippen LogP) is 1.46. The number of nitrogens with zero attached hydrogens (tertiary/aromatic N) is 1. The lowest BCUT2D eigenvalue weighted by molar-refractivity contribution is -0.124. The fourth-order valence-electron chi connectivity index (χ4n) is 3.30. The summed E-state index contributed by atoms with van der Waals surface area (Å²) in [6.07, 6.45) is 5.04. The lowest BCUT2D eigenvalue weighted by atomic mass is 9.76. The second-order valence-electron chi connectivity index (χ2n) is 6.07. The highest BCUT2D eigenvalue weighted by atomic mass is 16.5. The quantitative estimate of drug-likeness (QED) is 0.865. The minimum Gasteiger partial charge on any atom is -0.497 e. The Hall–Kier alpha value is -2.04. The van der Waals surface area contributed by atoms with Gasteiger partial charge < -0.3 is 10.1 Å². The first kappa shape index (κ1) is 12.7. The molecule has 5 heteroatoms. The minimum atomic E-state index is -0.671. The van der Waals surface area contributed by atoms with E-state index in [1.54, 1.807) is 7.11 Å². The SMILES string of the molecule is COc1ccc2c(c1)C1(CCC2)NC(=NC2CC2)NC1=O. The summed E-state index contributed by atoms with van der Waals surface area (Å²) >= 11 is 0. The lowest BCUT2D eigenvalue weighted by Gasteiger charge is -2.33. The molecule has 1 unspecified atom stereocenters. The number of carbonyl (C=O) groups is 1. The number of aryl methyl sites for hydroxylation is 1. The van der Waals surface area contributed by atoms with Crippen molar-refractivity contribution in [1.29, 1.82) is 0 Å². The van der Waals surface area contributed by atoms with Crippen LogP contribution in [0.25, 0.3) is 0 Å². The molecule has 1 saturated heterocycles. The van der Waals surface area contributed by atoms with Gasteiger partial charge in [-0.25, -0.2) is 4.99 Å². The van der Waals surface area contributed by atoms with Gasteiger partial charge in [-0.3, -0.25) is 10.1 Å². The van der Waals surface area contributed by atoms with Gasteiger partial charge in [0.25, 0.3) is 5.91 Å². The van der Waals surface area contributed by atoms with Crippen LogP contribution in [0.5, 0.6) is 5.75 Å². The van der Waals surface area contributed by atoms with Crippen LogP contribution in [0, 0.1) is 0 Å². The topological polar surface area (TPSA) is 62.7 Å². The first-order valence-electron chi connectivity index (χ1n) is 7.56. The van der Waals surface area contributed by atoms with E-state index in [-0.39, 0.29) is 5.91 Å². The summed E-state index contributed by atoms with van der Waals surface area (Å²) in [7, 11) is 1.65. The number of rotatable bonds is 2. The molecule has 1 amide bonds. The molecule has 4 rings (SSSR count). The van der Waals surface area contributed by atoms with E-state index in [0.29, 0.717) is 12.0 Å². The van der Waals surface area contributed by atoms with Crippen LogP contribution in [0.4, 0.5) is 0 Å². The van der Waals surface area contributed by atoms with E-state index < -0.39 is 5.54 Å². The van der Waals surface area contributed by atoms with E-state index in [1.807, 2.05) is 12.1 Å². The Morgan fingerprint density at radius 1 is 1.38 bits per heavy atom. The molecule has 1 heterocycles. The molecule has 3 aliphatic rings. The average molecular weight is 285 g/mol. The average Bonchev–Trinajstić information content (AvgIpc) is 3.25. The number of methoxy groups -OCH3 is 1. The van der Waals surface area contributed by atoms with Crippen LogP contribution >= 0.6 is 0 Å². The Bertz CT molecular complexity index is 636. The molecule has 1 aromatic carbocycles. The molecule has 2 fully saturated rings. The third-order valence-corrected chi connectivity index (χ3v) is 4.58. The number of ether oxygens (including phenoxy) is 1. The summed E-state index contributed by atoms with van der Waals surface area (Å²) in [6.45, 7) is 0. The zero-order valence-electron chi connectivity index (χ0n) is 12.1. The Labute approximate surface area is 123 Å². The third-order valence-electron chi connectivity index (χ3n) is 4.58. The molecule has 0 bridgehead atoms. The number of aliphatic imine (C=N–C) groups is 1.